The molecule has 3 nitrogen and oxygen atoms in total. The van der Waals surface area contributed by atoms with Gasteiger partial charge in [0.1, 0.15) is 12.7 Å². The van der Waals surface area contributed by atoms with Crippen molar-refractivity contribution >= 4 is 6.08 Å². The first-order valence-corrected chi connectivity index (χ1v) is 10.0. The first-order valence-electron chi connectivity index (χ1n) is 10.0. The van der Waals surface area contributed by atoms with Gasteiger partial charge in [-0.25, -0.2) is 9.67 Å². The molecule has 0 saturated heterocycles. The van der Waals surface area contributed by atoms with Gasteiger partial charge in [0.2, 0.25) is 0 Å². The highest BCUT2D eigenvalue weighted by Gasteiger charge is 2.38. The van der Waals surface area contributed by atoms with Crippen molar-refractivity contribution < 1.29 is 0 Å². The normalized spacial score (nSPS) is 24.9. The summed E-state index contributed by atoms with van der Waals surface area (Å²) in [7, 11) is 0. The van der Waals surface area contributed by atoms with Crippen LogP contribution < -0.4 is 0 Å². The average molecular weight is 374 g/mol. The van der Waals surface area contributed by atoms with Crippen LogP contribution in [-0.2, 0) is 0 Å². The van der Waals surface area contributed by atoms with E-state index in [1.807, 2.05) is 0 Å². The van der Waals surface area contributed by atoms with Crippen molar-refractivity contribution in [3.63, 3.8) is 0 Å². The molecule has 1 heterocycles. The number of hydrogen-bond donors (Lipinski definition) is 0. The second-order valence-electron chi connectivity index (χ2n) is 8.28. The highest BCUT2D eigenvalue weighted by atomic mass is 15.3. The van der Waals surface area contributed by atoms with Gasteiger partial charge in [0.15, 0.2) is 0 Å². The van der Waals surface area contributed by atoms with E-state index in [0.717, 1.165) is 24.9 Å². The molecule has 1 aromatic carbocycles. The summed E-state index contributed by atoms with van der Waals surface area (Å²) in [6.07, 6.45) is 14.2. The third kappa shape index (κ3) is 4.41. The second-order valence-corrected chi connectivity index (χ2v) is 8.28. The summed E-state index contributed by atoms with van der Waals surface area (Å²) in [5.41, 5.74) is 4.96. The molecule has 2 aromatic rings. The number of aromatic nitrogens is 3. The van der Waals surface area contributed by atoms with E-state index in [2.05, 4.69) is 86.2 Å². The van der Waals surface area contributed by atoms with Gasteiger partial charge in [0, 0.05) is 0 Å². The van der Waals surface area contributed by atoms with Crippen LogP contribution in [0.1, 0.15) is 45.1 Å². The van der Waals surface area contributed by atoms with Crippen molar-refractivity contribution in [2.75, 3.05) is 0 Å². The van der Waals surface area contributed by atoms with Crippen molar-refractivity contribution in [3.8, 4) is 5.69 Å². The van der Waals surface area contributed by atoms with E-state index < -0.39 is 0 Å². The Morgan fingerprint density at radius 1 is 1.29 bits per heavy atom. The fraction of sp³-hybridized carbons (Fsp3) is 0.360. The minimum absolute atomic E-state index is 0.171. The minimum Gasteiger partial charge on any atom is -0.223 e. The van der Waals surface area contributed by atoms with Crippen molar-refractivity contribution in [3.05, 3.63) is 85.5 Å². The molecule has 0 aliphatic heterocycles. The number of nitrogens with zero attached hydrogens (tertiary/aromatic N) is 3. The summed E-state index contributed by atoms with van der Waals surface area (Å²) in [5.74, 6) is 1.06. The monoisotopic (exact) mass is 373 g/mol. The van der Waals surface area contributed by atoms with Crippen LogP contribution in [0.25, 0.3) is 11.8 Å². The van der Waals surface area contributed by atoms with Crippen LogP contribution in [0.4, 0.5) is 0 Å². The minimum atomic E-state index is 0.171. The number of hydrogen-bond acceptors (Lipinski definition) is 2. The highest BCUT2D eigenvalue weighted by Crippen LogP contribution is 2.49. The lowest BCUT2D eigenvalue weighted by atomic mass is 9.61. The smallest absolute Gasteiger partial charge is 0.138 e. The zero-order chi connectivity index (χ0) is 20.1. The Bertz CT molecular complexity index is 858. The number of benzene rings is 1. The van der Waals surface area contributed by atoms with Gasteiger partial charge in [-0.3, -0.25) is 0 Å². The first-order chi connectivity index (χ1) is 13.4. The molecule has 0 radical (unpaired) electrons. The Morgan fingerprint density at radius 3 is 2.64 bits per heavy atom. The predicted octanol–water partition coefficient (Wildman–Crippen LogP) is 6.41. The molecule has 1 fully saturated rings. The lowest BCUT2D eigenvalue weighted by Crippen LogP contribution is -2.33. The molecule has 0 N–H and O–H groups in total. The molecule has 3 rings (SSSR count). The fourth-order valence-electron chi connectivity index (χ4n) is 4.30. The van der Waals surface area contributed by atoms with E-state index in [1.165, 1.54) is 23.1 Å². The molecule has 0 amide bonds. The Balaban J connectivity index is 1.58. The lowest BCUT2D eigenvalue weighted by molar-refractivity contribution is 0.169. The Hall–Kier alpha value is -2.68. The molecule has 0 bridgehead atoms. The average Bonchev–Trinajstić information content (AvgIpc) is 3.23. The summed E-state index contributed by atoms with van der Waals surface area (Å²) in [6.45, 7) is 17.2. The van der Waals surface area contributed by atoms with Crippen LogP contribution in [0.2, 0.25) is 0 Å². The van der Waals surface area contributed by atoms with E-state index in [9.17, 15) is 0 Å². The molecule has 3 heteroatoms. The van der Waals surface area contributed by atoms with Crippen molar-refractivity contribution in [1.82, 2.24) is 14.8 Å². The Labute approximate surface area is 169 Å². The summed E-state index contributed by atoms with van der Waals surface area (Å²) < 4.78 is 1.76. The first kappa shape index (κ1) is 20.1. The van der Waals surface area contributed by atoms with Crippen molar-refractivity contribution in [2.24, 2.45) is 17.3 Å². The topological polar surface area (TPSA) is 30.7 Å². The van der Waals surface area contributed by atoms with Crippen LogP contribution in [0, 0.1) is 17.3 Å². The molecule has 1 saturated carbocycles. The maximum Gasteiger partial charge on any atom is 0.138 e. The molecule has 1 aliphatic carbocycles. The maximum atomic E-state index is 4.40. The highest BCUT2D eigenvalue weighted by molar-refractivity contribution is 5.52. The largest absolute Gasteiger partial charge is 0.223 e. The third-order valence-electron chi connectivity index (χ3n) is 6.25. The van der Waals surface area contributed by atoms with E-state index in [0.29, 0.717) is 11.8 Å². The lowest BCUT2D eigenvalue weighted by Gasteiger charge is -2.43. The second kappa shape index (κ2) is 8.55. The van der Waals surface area contributed by atoms with Crippen LogP contribution in [0.15, 0.2) is 80.0 Å². The summed E-state index contributed by atoms with van der Waals surface area (Å²) in [4.78, 5) is 3.98. The molecule has 0 spiro atoms. The fourth-order valence-corrected chi connectivity index (χ4v) is 4.30. The molecule has 0 unspecified atom stereocenters. The third-order valence-corrected chi connectivity index (χ3v) is 6.25. The zero-order valence-electron chi connectivity index (χ0n) is 17.1. The van der Waals surface area contributed by atoms with Gasteiger partial charge >= 0.3 is 0 Å². The van der Waals surface area contributed by atoms with Crippen molar-refractivity contribution in [2.45, 2.75) is 39.5 Å². The summed E-state index contributed by atoms with van der Waals surface area (Å²) in [6, 6.07) is 8.31. The molecule has 1 aromatic heterocycles. The summed E-state index contributed by atoms with van der Waals surface area (Å²) >= 11 is 0. The van der Waals surface area contributed by atoms with Gasteiger partial charge in [-0.2, -0.15) is 5.10 Å². The molecular weight excluding hydrogens is 342 g/mol. The predicted molar refractivity (Wildman–Crippen MR) is 118 cm³/mol. The van der Waals surface area contributed by atoms with Crippen LogP contribution >= 0.6 is 0 Å². The molecule has 3 atom stereocenters. The van der Waals surface area contributed by atoms with Gasteiger partial charge in [-0.15, -0.1) is 6.58 Å². The Morgan fingerprint density at radius 2 is 2.04 bits per heavy atom. The van der Waals surface area contributed by atoms with Gasteiger partial charge in [-0.1, -0.05) is 61.6 Å². The van der Waals surface area contributed by atoms with Gasteiger partial charge in [0.05, 0.1) is 5.69 Å². The number of allylic oxidation sites excluding steroid dienone is 4. The van der Waals surface area contributed by atoms with E-state index in [1.54, 1.807) is 17.3 Å². The SMILES string of the molecule is C=C[C@]1(C)CC[C@@H](C(=C)C/C=C/c2ccc(-n3cncn3)cc2)C[C@H]1C(=C)C. The molecular formula is C25H31N3. The quantitative estimate of drug-likeness (QED) is 0.525. The number of rotatable bonds is 7. The van der Waals surface area contributed by atoms with E-state index in [4.69, 9.17) is 0 Å². The van der Waals surface area contributed by atoms with Crippen LogP contribution in [0.3, 0.4) is 0 Å². The maximum absolute atomic E-state index is 4.40. The van der Waals surface area contributed by atoms with Crippen LogP contribution in [-0.4, -0.2) is 14.8 Å². The van der Waals surface area contributed by atoms with Gasteiger partial charge < -0.3 is 0 Å². The van der Waals surface area contributed by atoms with E-state index >= 15 is 0 Å². The van der Waals surface area contributed by atoms with E-state index in [-0.39, 0.29) is 5.41 Å². The van der Waals surface area contributed by atoms with Crippen molar-refractivity contribution in [1.29, 1.82) is 0 Å². The van der Waals surface area contributed by atoms with Gasteiger partial charge in [-0.05, 0) is 67.6 Å². The zero-order valence-corrected chi connectivity index (χ0v) is 17.1. The summed E-state index contributed by atoms with van der Waals surface area (Å²) in [5, 5.41) is 4.15. The Kier molecular flexibility index (Phi) is 6.13. The molecule has 28 heavy (non-hydrogen) atoms. The molecule has 146 valence electrons. The van der Waals surface area contributed by atoms with Gasteiger partial charge in [0.25, 0.3) is 0 Å². The standard InChI is InChI=1S/C25H31N3/c1-6-25(5)15-14-22(16-24(25)19(2)3)20(4)8-7-9-21-10-12-23(13-11-21)28-18-26-17-27-28/h6-7,9-13,17-18,22,24H,1-2,4,8,14-16H2,3,5H3/b9-7+/t22-,24+,25-/m1/s1. The molecule has 1 aliphatic rings. The van der Waals surface area contributed by atoms with Crippen LogP contribution in [0.5, 0.6) is 0 Å².